The second-order valence-electron chi connectivity index (χ2n) is 9.18. The summed E-state index contributed by atoms with van der Waals surface area (Å²) >= 11 is 0. The van der Waals surface area contributed by atoms with Crippen molar-refractivity contribution < 1.29 is 9.18 Å². The van der Waals surface area contributed by atoms with E-state index in [0.717, 1.165) is 22.3 Å². The Balaban J connectivity index is 1.77. The first-order valence-electron chi connectivity index (χ1n) is 10.7. The number of fused-ring (bicyclic) bond motifs is 1. The Bertz CT molecular complexity index is 1150. The number of halogens is 1. The van der Waals surface area contributed by atoms with E-state index in [-0.39, 0.29) is 12.2 Å². The fourth-order valence-electron chi connectivity index (χ4n) is 5.31. The first-order chi connectivity index (χ1) is 14.9. The number of aromatic nitrogens is 1. The van der Waals surface area contributed by atoms with Gasteiger partial charge in [-0.3, -0.25) is 9.78 Å². The summed E-state index contributed by atoms with van der Waals surface area (Å²) in [5.74, 6) is -0.0104. The van der Waals surface area contributed by atoms with Crippen LogP contribution in [0.25, 0.3) is 11.1 Å². The van der Waals surface area contributed by atoms with Crippen LogP contribution in [0.15, 0.2) is 82.1 Å². The fraction of sp³-hybridized carbons (Fsp3) is 0.360. The van der Waals surface area contributed by atoms with Crippen molar-refractivity contribution in [2.75, 3.05) is 0 Å². The molecule has 0 radical (unpaired) electrons. The lowest BCUT2D eigenvalue weighted by molar-refractivity contribution is -0.120. The van der Waals surface area contributed by atoms with Gasteiger partial charge in [0.1, 0.15) is 6.17 Å². The van der Waals surface area contributed by atoms with Crippen molar-refractivity contribution in [2.45, 2.75) is 51.4 Å². The monoisotopic (exact) mass is 416 g/mol. The minimum absolute atomic E-state index is 0.0104. The van der Waals surface area contributed by atoms with Crippen LogP contribution in [-0.2, 0) is 10.2 Å². The lowest BCUT2D eigenvalue weighted by atomic mass is 9.58. The van der Waals surface area contributed by atoms with Crippen LogP contribution in [0.2, 0.25) is 0 Å². The zero-order chi connectivity index (χ0) is 21.8. The van der Waals surface area contributed by atoms with Gasteiger partial charge in [-0.2, -0.15) is 10.2 Å². The molecule has 3 heterocycles. The molecule has 0 saturated carbocycles. The quantitative estimate of drug-likeness (QED) is 0.742. The van der Waals surface area contributed by atoms with Gasteiger partial charge in [0, 0.05) is 35.4 Å². The number of Topliss-reactive ketones (excluding diaryl/α,β-unsaturated/α-hetero) is 1. The van der Waals surface area contributed by atoms with E-state index in [9.17, 15) is 4.79 Å². The Hall–Kier alpha value is -3.15. The smallest absolute Gasteiger partial charge is 0.164 e. The van der Waals surface area contributed by atoms with E-state index in [4.69, 9.17) is 0 Å². The topological polar surface area (TPSA) is 66.7 Å². The van der Waals surface area contributed by atoms with E-state index in [1.807, 2.05) is 37.3 Å². The molecule has 5 rings (SSSR count). The maximum absolute atomic E-state index is 15.7. The molecule has 1 aromatic carbocycles. The molecule has 5 nitrogen and oxygen atoms in total. The third-order valence-electron chi connectivity index (χ3n) is 6.89. The van der Waals surface area contributed by atoms with Gasteiger partial charge in [-0.05, 0) is 41.3 Å². The van der Waals surface area contributed by atoms with Crippen molar-refractivity contribution in [1.82, 2.24) is 10.3 Å². The summed E-state index contributed by atoms with van der Waals surface area (Å²) in [7, 11) is 0. The highest BCUT2D eigenvalue weighted by Gasteiger charge is 2.56. The highest BCUT2D eigenvalue weighted by atomic mass is 19.1. The third-order valence-corrected chi connectivity index (χ3v) is 6.89. The summed E-state index contributed by atoms with van der Waals surface area (Å²) in [5.41, 5.74) is 3.30. The number of pyridine rings is 1. The van der Waals surface area contributed by atoms with Gasteiger partial charge in [0.25, 0.3) is 0 Å². The predicted molar refractivity (Wildman–Crippen MR) is 117 cm³/mol. The van der Waals surface area contributed by atoms with Crippen molar-refractivity contribution in [3.05, 3.63) is 77.4 Å². The molecule has 3 aliphatic rings. The van der Waals surface area contributed by atoms with Crippen LogP contribution in [-0.4, -0.2) is 23.1 Å². The van der Waals surface area contributed by atoms with Gasteiger partial charge in [0.05, 0.1) is 17.3 Å². The Morgan fingerprint density at radius 1 is 1.16 bits per heavy atom. The number of alkyl halides is 1. The molecule has 1 aliphatic carbocycles. The Morgan fingerprint density at radius 3 is 2.68 bits per heavy atom. The first kappa shape index (κ1) is 19.8. The molecular weight excluding hydrogens is 391 g/mol. The predicted octanol–water partition coefficient (Wildman–Crippen LogP) is 5.27. The summed E-state index contributed by atoms with van der Waals surface area (Å²) in [4.78, 5) is 17.6. The number of benzene rings is 1. The summed E-state index contributed by atoms with van der Waals surface area (Å²) in [5, 5.41) is 11.7. The number of azo groups is 1. The average molecular weight is 417 g/mol. The number of nitrogens with zero attached hydrogens (tertiary/aromatic N) is 3. The number of rotatable bonds is 3. The van der Waals surface area contributed by atoms with Gasteiger partial charge in [-0.1, -0.05) is 39.0 Å². The van der Waals surface area contributed by atoms with Crippen molar-refractivity contribution in [3.63, 3.8) is 0 Å². The summed E-state index contributed by atoms with van der Waals surface area (Å²) in [6.07, 6.45) is 4.32. The number of hydrogen-bond acceptors (Lipinski definition) is 5. The van der Waals surface area contributed by atoms with Crippen LogP contribution in [0, 0.1) is 5.41 Å². The lowest BCUT2D eigenvalue weighted by Gasteiger charge is -2.49. The second-order valence-corrected chi connectivity index (χ2v) is 9.18. The highest BCUT2D eigenvalue weighted by Crippen LogP contribution is 2.54. The molecule has 31 heavy (non-hydrogen) atoms. The molecule has 6 heteroatoms. The van der Waals surface area contributed by atoms with Gasteiger partial charge in [-0.15, -0.1) is 0 Å². The fourth-order valence-corrected chi connectivity index (χ4v) is 5.31. The zero-order valence-corrected chi connectivity index (χ0v) is 17.9. The molecule has 0 fully saturated rings. The van der Waals surface area contributed by atoms with E-state index in [1.165, 1.54) is 0 Å². The van der Waals surface area contributed by atoms with Crippen LogP contribution in [0.5, 0.6) is 0 Å². The highest BCUT2D eigenvalue weighted by molar-refractivity contribution is 6.02. The molecule has 2 aliphatic heterocycles. The molecule has 1 unspecified atom stereocenters. The number of ketones is 1. The second kappa shape index (κ2) is 6.94. The zero-order valence-electron chi connectivity index (χ0n) is 17.9. The number of carbonyl (C=O) groups is 1. The summed E-state index contributed by atoms with van der Waals surface area (Å²) in [6.45, 7) is 5.66. The largest absolute Gasteiger partial charge is 0.359 e. The summed E-state index contributed by atoms with van der Waals surface area (Å²) < 4.78 is 15.7. The van der Waals surface area contributed by atoms with Crippen LogP contribution >= 0.6 is 0 Å². The van der Waals surface area contributed by atoms with Crippen LogP contribution in [0.1, 0.15) is 39.2 Å². The van der Waals surface area contributed by atoms with E-state index in [1.54, 1.807) is 32.4 Å². The van der Waals surface area contributed by atoms with Crippen molar-refractivity contribution in [1.29, 1.82) is 0 Å². The Labute approximate surface area is 181 Å². The van der Waals surface area contributed by atoms with Gasteiger partial charge in [0.15, 0.2) is 11.9 Å². The van der Waals surface area contributed by atoms with E-state index in [0.29, 0.717) is 17.7 Å². The maximum Gasteiger partial charge on any atom is 0.164 e. The molecule has 1 N–H and O–H groups in total. The minimum atomic E-state index is -1.27. The Morgan fingerprint density at radius 2 is 1.94 bits per heavy atom. The normalized spacial score (nSPS) is 28.6. The van der Waals surface area contributed by atoms with Gasteiger partial charge in [-0.25, -0.2) is 4.39 Å². The van der Waals surface area contributed by atoms with E-state index < -0.39 is 23.2 Å². The van der Waals surface area contributed by atoms with Crippen LogP contribution < -0.4 is 5.32 Å². The van der Waals surface area contributed by atoms with Crippen LogP contribution in [0.3, 0.4) is 0 Å². The van der Waals surface area contributed by atoms with Crippen molar-refractivity contribution in [2.24, 2.45) is 15.6 Å². The standard InChI is InChI=1S/C25H25FN4O/c1-4-25(17-7-5-6-16(12-17)15-8-10-27-11-9-15)18-14-28-30-23(18)29-21-20(25)19(31)13-24(2,3)22(21)26/h5-12,14,22-23,29H,4,13H2,1-3H3/t22-,23?,25+/m0/s1. The number of allylic oxidation sites excluding steroid dienone is 2. The molecule has 1 aromatic heterocycles. The molecule has 0 spiro atoms. The molecule has 0 bridgehead atoms. The molecule has 3 atom stereocenters. The minimum Gasteiger partial charge on any atom is -0.359 e. The van der Waals surface area contributed by atoms with Gasteiger partial charge < -0.3 is 5.32 Å². The summed E-state index contributed by atoms with van der Waals surface area (Å²) in [6, 6.07) is 12.1. The lowest BCUT2D eigenvalue weighted by Crippen LogP contribution is -2.55. The van der Waals surface area contributed by atoms with Crippen molar-refractivity contribution >= 4 is 5.78 Å². The molecular formula is C25H25FN4O. The van der Waals surface area contributed by atoms with Crippen molar-refractivity contribution in [3.8, 4) is 11.1 Å². The average Bonchev–Trinajstić information content (AvgIpc) is 3.25. The van der Waals surface area contributed by atoms with Crippen LogP contribution in [0.4, 0.5) is 4.39 Å². The molecule has 158 valence electrons. The SMILES string of the molecule is CC[C@@]1(c2cccc(-c3ccncc3)c2)C2=CN=NC2NC2=C1C(=O)CC(C)(C)[C@H]2F. The van der Waals surface area contributed by atoms with E-state index in [2.05, 4.69) is 26.6 Å². The Kier molecular flexibility index (Phi) is 4.43. The number of hydrogen-bond donors (Lipinski definition) is 1. The molecule has 2 aromatic rings. The van der Waals surface area contributed by atoms with Gasteiger partial charge >= 0.3 is 0 Å². The number of carbonyl (C=O) groups excluding carboxylic acids is 1. The third kappa shape index (κ3) is 2.81. The van der Waals surface area contributed by atoms with E-state index >= 15 is 4.39 Å². The first-order valence-corrected chi connectivity index (χ1v) is 10.7. The molecule has 0 amide bonds. The maximum atomic E-state index is 15.7. The molecule has 0 saturated heterocycles. The number of nitrogens with one attached hydrogen (secondary N) is 1. The van der Waals surface area contributed by atoms with Gasteiger partial charge in [0.2, 0.25) is 0 Å².